The number of carbonyl (C=O) groups is 1. The minimum atomic E-state index is -0.538. The number of hydrogen-bond acceptors (Lipinski definition) is 1. The van der Waals surface area contributed by atoms with E-state index in [0.717, 1.165) is 15.6 Å². The zero-order chi connectivity index (χ0) is 13.0. The fourth-order valence-corrected chi connectivity index (χ4v) is 2.25. The lowest BCUT2D eigenvalue weighted by atomic mass is 9.99. The van der Waals surface area contributed by atoms with Crippen LogP contribution in [-0.2, 0) is 0 Å². The van der Waals surface area contributed by atoms with Crippen LogP contribution in [0.4, 0.5) is 4.79 Å². The van der Waals surface area contributed by atoms with E-state index in [0.29, 0.717) is 0 Å². The number of benzene rings is 2. The maximum Gasteiger partial charge on any atom is 0.312 e. The first kappa shape index (κ1) is 12.6. The molecule has 92 valence electrons. The molecule has 2 aromatic rings. The SMILES string of the molecule is NC(=O)NC(c1ccccc1)c1cccc(Br)c1. The van der Waals surface area contributed by atoms with Gasteiger partial charge in [0, 0.05) is 4.47 Å². The van der Waals surface area contributed by atoms with E-state index in [-0.39, 0.29) is 6.04 Å². The number of nitrogens with two attached hydrogens (primary N) is 1. The van der Waals surface area contributed by atoms with Crippen molar-refractivity contribution in [3.05, 3.63) is 70.2 Å². The first-order valence-corrected chi connectivity index (χ1v) is 6.32. The van der Waals surface area contributed by atoms with Crippen LogP contribution in [0.15, 0.2) is 59.1 Å². The van der Waals surface area contributed by atoms with Crippen molar-refractivity contribution in [3.63, 3.8) is 0 Å². The van der Waals surface area contributed by atoms with Gasteiger partial charge in [0.2, 0.25) is 0 Å². The second kappa shape index (κ2) is 5.69. The van der Waals surface area contributed by atoms with Gasteiger partial charge in [-0.05, 0) is 23.3 Å². The predicted molar refractivity (Wildman–Crippen MR) is 75.1 cm³/mol. The summed E-state index contributed by atoms with van der Waals surface area (Å²) in [5.41, 5.74) is 7.22. The summed E-state index contributed by atoms with van der Waals surface area (Å²) in [6, 6.07) is 16.7. The number of nitrogens with one attached hydrogen (secondary N) is 1. The zero-order valence-electron chi connectivity index (χ0n) is 9.64. The third-order valence-corrected chi connectivity index (χ3v) is 3.09. The molecule has 2 aromatic carbocycles. The quantitative estimate of drug-likeness (QED) is 0.899. The van der Waals surface area contributed by atoms with Gasteiger partial charge in [-0.2, -0.15) is 0 Å². The van der Waals surface area contributed by atoms with Crippen LogP contribution in [-0.4, -0.2) is 6.03 Å². The molecule has 0 aliphatic carbocycles. The number of rotatable bonds is 3. The maximum atomic E-state index is 11.1. The topological polar surface area (TPSA) is 55.1 Å². The zero-order valence-corrected chi connectivity index (χ0v) is 11.2. The molecule has 0 saturated carbocycles. The molecule has 0 bridgehead atoms. The second-order valence-corrected chi connectivity index (χ2v) is 4.82. The Labute approximate surface area is 114 Å². The molecule has 2 amide bonds. The van der Waals surface area contributed by atoms with Gasteiger partial charge in [-0.1, -0.05) is 58.4 Å². The molecule has 4 heteroatoms. The van der Waals surface area contributed by atoms with E-state index >= 15 is 0 Å². The van der Waals surface area contributed by atoms with E-state index in [2.05, 4.69) is 21.2 Å². The second-order valence-electron chi connectivity index (χ2n) is 3.91. The monoisotopic (exact) mass is 304 g/mol. The first-order chi connectivity index (χ1) is 8.66. The lowest BCUT2D eigenvalue weighted by Crippen LogP contribution is -2.33. The predicted octanol–water partition coefficient (Wildman–Crippen LogP) is 3.21. The van der Waals surface area contributed by atoms with Crippen molar-refractivity contribution >= 4 is 22.0 Å². The highest BCUT2D eigenvalue weighted by Crippen LogP contribution is 2.24. The Morgan fingerprint density at radius 2 is 1.72 bits per heavy atom. The summed E-state index contributed by atoms with van der Waals surface area (Å²) in [5.74, 6) is 0. The minimum Gasteiger partial charge on any atom is -0.352 e. The van der Waals surface area contributed by atoms with Crippen LogP contribution in [0.1, 0.15) is 17.2 Å². The molecule has 0 saturated heterocycles. The fourth-order valence-electron chi connectivity index (χ4n) is 1.83. The average Bonchev–Trinajstić information content (AvgIpc) is 2.37. The van der Waals surface area contributed by atoms with E-state index in [1.165, 1.54) is 0 Å². The molecule has 18 heavy (non-hydrogen) atoms. The number of amides is 2. The van der Waals surface area contributed by atoms with E-state index in [4.69, 9.17) is 5.73 Å². The number of urea groups is 1. The van der Waals surface area contributed by atoms with Crippen molar-refractivity contribution < 1.29 is 4.79 Å². The number of halogens is 1. The Balaban J connectivity index is 2.40. The number of primary amides is 1. The molecule has 0 heterocycles. The highest BCUT2D eigenvalue weighted by atomic mass is 79.9. The van der Waals surface area contributed by atoms with Gasteiger partial charge in [-0.3, -0.25) is 0 Å². The molecule has 0 radical (unpaired) electrons. The number of hydrogen-bond donors (Lipinski definition) is 2. The molecule has 1 atom stereocenters. The highest BCUT2D eigenvalue weighted by molar-refractivity contribution is 9.10. The molecule has 3 nitrogen and oxygen atoms in total. The summed E-state index contributed by atoms with van der Waals surface area (Å²) in [6.07, 6.45) is 0. The molecule has 0 aliphatic heterocycles. The fraction of sp³-hybridized carbons (Fsp3) is 0.0714. The highest BCUT2D eigenvalue weighted by Gasteiger charge is 2.15. The van der Waals surface area contributed by atoms with Crippen LogP contribution < -0.4 is 11.1 Å². The first-order valence-electron chi connectivity index (χ1n) is 5.53. The van der Waals surface area contributed by atoms with Gasteiger partial charge in [0.1, 0.15) is 0 Å². The largest absolute Gasteiger partial charge is 0.352 e. The van der Waals surface area contributed by atoms with Gasteiger partial charge in [0.15, 0.2) is 0 Å². The Bertz CT molecular complexity index is 543. The van der Waals surface area contributed by atoms with Crippen molar-refractivity contribution in [1.82, 2.24) is 5.32 Å². The van der Waals surface area contributed by atoms with Crippen LogP contribution in [0.25, 0.3) is 0 Å². The molecule has 0 aliphatic rings. The Morgan fingerprint density at radius 1 is 1.06 bits per heavy atom. The molecular formula is C14H13BrN2O. The molecule has 2 rings (SSSR count). The molecule has 3 N–H and O–H groups in total. The van der Waals surface area contributed by atoms with Crippen molar-refractivity contribution in [2.24, 2.45) is 5.73 Å². The van der Waals surface area contributed by atoms with Gasteiger partial charge < -0.3 is 11.1 Å². The van der Waals surface area contributed by atoms with Crippen LogP contribution in [0.2, 0.25) is 0 Å². The van der Waals surface area contributed by atoms with Crippen molar-refractivity contribution in [1.29, 1.82) is 0 Å². The smallest absolute Gasteiger partial charge is 0.312 e. The standard InChI is InChI=1S/C14H13BrN2O/c15-12-8-4-7-11(9-12)13(17-14(16)18)10-5-2-1-3-6-10/h1-9,13H,(H3,16,17,18). The summed E-state index contributed by atoms with van der Waals surface area (Å²) >= 11 is 3.43. The average molecular weight is 305 g/mol. The minimum absolute atomic E-state index is 0.235. The van der Waals surface area contributed by atoms with Crippen molar-refractivity contribution in [3.8, 4) is 0 Å². The maximum absolute atomic E-state index is 11.1. The Kier molecular flexibility index (Phi) is 3.99. The van der Waals surface area contributed by atoms with E-state index in [1.807, 2.05) is 54.6 Å². The van der Waals surface area contributed by atoms with Crippen LogP contribution in [0.3, 0.4) is 0 Å². The summed E-state index contributed by atoms with van der Waals surface area (Å²) in [7, 11) is 0. The lowest BCUT2D eigenvalue weighted by molar-refractivity contribution is 0.247. The molecule has 0 spiro atoms. The Hall–Kier alpha value is -1.81. The van der Waals surface area contributed by atoms with Gasteiger partial charge in [-0.25, -0.2) is 4.79 Å². The summed E-state index contributed by atoms with van der Waals surface area (Å²) in [4.78, 5) is 11.1. The van der Waals surface area contributed by atoms with Crippen LogP contribution in [0.5, 0.6) is 0 Å². The molecular weight excluding hydrogens is 292 g/mol. The van der Waals surface area contributed by atoms with Gasteiger partial charge in [-0.15, -0.1) is 0 Å². The summed E-state index contributed by atoms with van der Waals surface area (Å²) in [6.45, 7) is 0. The van der Waals surface area contributed by atoms with E-state index in [9.17, 15) is 4.79 Å². The van der Waals surface area contributed by atoms with Gasteiger partial charge >= 0.3 is 6.03 Å². The number of carbonyl (C=O) groups excluding carboxylic acids is 1. The summed E-state index contributed by atoms with van der Waals surface area (Å²) < 4.78 is 0.965. The van der Waals surface area contributed by atoms with E-state index < -0.39 is 6.03 Å². The van der Waals surface area contributed by atoms with E-state index in [1.54, 1.807) is 0 Å². The molecule has 1 unspecified atom stereocenters. The lowest BCUT2D eigenvalue weighted by Gasteiger charge is -2.18. The third-order valence-electron chi connectivity index (χ3n) is 2.60. The summed E-state index contributed by atoms with van der Waals surface area (Å²) in [5, 5.41) is 2.76. The Morgan fingerprint density at radius 3 is 2.33 bits per heavy atom. The van der Waals surface area contributed by atoms with Crippen molar-refractivity contribution in [2.75, 3.05) is 0 Å². The van der Waals surface area contributed by atoms with Crippen LogP contribution in [0, 0.1) is 0 Å². The molecule has 0 fully saturated rings. The van der Waals surface area contributed by atoms with Crippen LogP contribution >= 0.6 is 15.9 Å². The third kappa shape index (κ3) is 3.11. The van der Waals surface area contributed by atoms with Gasteiger partial charge in [0.25, 0.3) is 0 Å². The van der Waals surface area contributed by atoms with Gasteiger partial charge in [0.05, 0.1) is 6.04 Å². The molecule has 0 aromatic heterocycles. The normalized spacial score (nSPS) is 11.8. The van der Waals surface area contributed by atoms with Crippen molar-refractivity contribution in [2.45, 2.75) is 6.04 Å².